The molecular formula is C16H14O3. The van der Waals surface area contributed by atoms with Crippen LogP contribution in [0, 0.1) is 0 Å². The third-order valence-electron chi connectivity index (χ3n) is 3.39. The molecule has 0 unspecified atom stereocenters. The van der Waals surface area contributed by atoms with Gasteiger partial charge in [-0.3, -0.25) is 0 Å². The van der Waals surface area contributed by atoms with Crippen molar-refractivity contribution in [1.29, 1.82) is 0 Å². The third-order valence-corrected chi connectivity index (χ3v) is 3.39. The molecular weight excluding hydrogens is 240 g/mol. The van der Waals surface area contributed by atoms with Crippen molar-refractivity contribution in [2.45, 2.75) is 19.3 Å². The van der Waals surface area contributed by atoms with Crippen molar-refractivity contribution in [1.82, 2.24) is 0 Å². The summed E-state index contributed by atoms with van der Waals surface area (Å²) in [5, 5.41) is 8.95. The molecule has 0 fully saturated rings. The molecule has 2 aromatic rings. The lowest BCUT2D eigenvalue weighted by atomic mass is 10.1. The maximum Gasteiger partial charge on any atom is 0.335 e. The zero-order chi connectivity index (χ0) is 13.2. The fourth-order valence-corrected chi connectivity index (χ4v) is 2.44. The highest BCUT2D eigenvalue weighted by molar-refractivity contribution is 5.88. The lowest BCUT2D eigenvalue weighted by Crippen LogP contribution is -1.96. The van der Waals surface area contributed by atoms with E-state index >= 15 is 0 Å². The van der Waals surface area contributed by atoms with Crippen LogP contribution in [0.25, 0.3) is 0 Å². The van der Waals surface area contributed by atoms with E-state index in [-0.39, 0.29) is 5.56 Å². The molecule has 0 spiro atoms. The molecule has 0 heterocycles. The number of carboxylic acid groups (broad SMARTS) is 1. The molecule has 0 saturated heterocycles. The molecule has 1 aliphatic rings. The van der Waals surface area contributed by atoms with Crippen molar-refractivity contribution in [2.75, 3.05) is 0 Å². The van der Waals surface area contributed by atoms with Gasteiger partial charge in [0.15, 0.2) is 0 Å². The van der Waals surface area contributed by atoms with Crippen LogP contribution in [-0.2, 0) is 12.8 Å². The first-order valence-corrected chi connectivity index (χ1v) is 6.35. The zero-order valence-corrected chi connectivity index (χ0v) is 10.4. The first kappa shape index (κ1) is 11.8. The first-order valence-electron chi connectivity index (χ1n) is 6.35. The van der Waals surface area contributed by atoms with E-state index < -0.39 is 5.97 Å². The van der Waals surface area contributed by atoms with Gasteiger partial charge in [-0.2, -0.15) is 0 Å². The maximum atomic E-state index is 10.9. The summed E-state index contributed by atoms with van der Waals surface area (Å²) in [5.74, 6) is 0.375. The predicted molar refractivity (Wildman–Crippen MR) is 71.9 cm³/mol. The Hall–Kier alpha value is -2.29. The number of ether oxygens (including phenoxy) is 1. The molecule has 3 rings (SSSR count). The highest BCUT2D eigenvalue weighted by Crippen LogP contribution is 2.29. The molecule has 3 nitrogen and oxygen atoms in total. The molecule has 0 aliphatic heterocycles. The highest BCUT2D eigenvalue weighted by atomic mass is 16.5. The Morgan fingerprint density at radius 3 is 2.63 bits per heavy atom. The van der Waals surface area contributed by atoms with Gasteiger partial charge >= 0.3 is 5.97 Å². The Kier molecular flexibility index (Phi) is 2.95. The Balaban J connectivity index is 1.85. The summed E-state index contributed by atoms with van der Waals surface area (Å²) in [6, 6.07) is 12.6. The van der Waals surface area contributed by atoms with E-state index in [2.05, 4.69) is 12.1 Å². The van der Waals surface area contributed by atoms with Gasteiger partial charge in [0.25, 0.3) is 0 Å². The summed E-state index contributed by atoms with van der Waals surface area (Å²) in [6.45, 7) is 0. The van der Waals surface area contributed by atoms with Crippen LogP contribution in [0.3, 0.4) is 0 Å². The first-order chi connectivity index (χ1) is 9.22. The van der Waals surface area contributed by atoms with Crippen LogP contribution in [0.4, 0.5) is 0 Å². The minimum atomic E-state index is -0.945. The number of benzene rings is 2. The van der Waals surface area contributed by atoms with Gasteiger partial charge in [-0.25, -0.2) is 4.79 Å². The van der Waals surface area contributed by atoms with Crippen LogP contribution >= 0.6 is 0 Å². The minimum absolute atomic E-state index is 0.235. The van der Waals surface area contributed by atoms with Crippen molar-refractivity contribution in [3.8, 4) is 11.5 Å². The Labute approximate surface area is 111 Å². The molecule has 0 amide bonds. The average molecular weight is 254 g/mol. The average Bonchev–Trinajstić information content (AvgIpc) is 2.86. The van der Waals surface area contributed by atoms with Gasteiger partial charge in [-0.15, -0.1) is 0 Å². The Morgan fingerprint density at radius 2 is 1.79 bits per heavy atom. The highest BCUT2D eigenvalue weighted by Gasteiger charge is 2.12. The molecule has 19 heavy (non-hydrogen) atoms. The summed E-state index contributed by atoms with van der Waals surface area (Å²) in [7, 11) is 0. The molecule has 2 aromatic carbocycles. The number of rotatable bonds is 3. The van der Waals surface area contributed by atoms with Gasteiger partial charge in [0.05, 0.1) is 5.56 Å². The van der Waals surface area contributed by atoms with Crippen molar-refractivity contribution in [3.63, 3.8) is 0 Å². The van der Waals surface area contributed by atoms with Crippen LogP contribution in [0.5, 0.6) is 11.5 Å². The number of carboxylic acids is 1. The van der Waals surface area contributed by atoms with E-state index in [4.69, 9.17) is 9.84 Å². The van der Waals surface area contributed by atoms with Gasteiger partial charge in [0.2, 0.25) is 0 Å². The minimum Gasteiger partial charge on any atom is -0.478 e. The molecule has 96 valence electrons. The maximum absolute atomic E-state index is 10.9. The van der Waals surface area contributed by atoms with Gasteiger partial charge < -0.3 is 9.84 Å². The fourth-order valence-electron chi connectivity index (χ4n) is 2.44. The van der Waals surface area contributed by atoms with E-state index in [1.54, 1.807) is 18.2 Å². The second kappa shape index (κ2) is 4.76. The fraction of sp³-hybridized carbons (Fsp3) is 0.188. The summed E-state index contributed by atoms with van der Waals surface area (Å²) in [6.07, 6.45) is 3.44. The predicted octanol–water partition coefficient (Wildman–Crippen LogP) is 3.67. The van der Waals surface area contributed by atoms with Crippen molar-refractivity contribution >= 4 is 5.97 Å². The molecule has 1 aliphatic carbocycles. The van der Waals surface area contributed by atoms with Gasteiger partial charge in [0, 0.05) is 0 Å². The second-order valence-electron chi connectivity index (χ2n) is 4.72. The molecule has 0 saturated carbocycles. The third kappa shape index (κ3) is 2.45. The van der Waals surface area contributed by atoms with Gasteiger partial charge in [-0.05, 0) is 60.7 Å². The van der Waals surface area contributed by atoms with E-state index in [1.807, 2.05) is 6.07 Å². The molecule has 0 aromatic heterocycles. The normalized spacial score (nSPS) is 13.1. The number of hydrogen-bond acceptors (Lipinski definition) is 2. The number of aryl methyl sites for hydroxylation is 2. The quantitative estimate of drug-likeness (QED) is 0.909. The molecule has 1 N–H and O–H groups in total. The molecule has 3 heteroatoms. The van der Waals surface area contributed by atoms with Crippen molar-refractivity contribution in [2.24, 2.45) is 0 Å². The van der Waals surface area contributed by atoms with Crippen molar-refractivity contribution < 1.29 is 14.6 Å². The van der Waals surface area contributed by atoms with Crippen LogP contribution in [-0.4, -0.2) is 11.1 Å². The topological polar surface area (TPSA) is 46.5 Å². The summed E-state index contributed by atoms with van der Waals surface area (Å²) in [5.41, 5.74) is 2.97. The smallest absolute Gasteiger partial charge is 0.335 e. The number of carbonyl (C=O) groups is 1. The largest absolute Gasteiger partial charge is 0.478 e. The monoisotopic (exact) mass is 254 g/mol. The zero-order valence-electron chi connectivity index (χ0n) is 10.4. The molecule has 0 radical (unpaired) electrons. The summed E-state index contributed by atoms with van der Waals surface area (Å²) in [4.78, 5) is 10.9. The second-order valence-corrected chi connectivity index (χ2v) is 4.72. The number of hydrogen-bond donors (Lipinski definition) is 1. The molecule has 0 bridgehead atoms. The summed E-state index contributed by atoms with van der Waals surface area (Å²) < 4.78 is 5.73. The van der Waals surface area contributed by atoms with Gasteiger partial charge in [-0.1, -0.05) is 12.1 Å². The Morgan fingerprint density at radius 1 is 1.00 bits per heavy atom. The van der Waals surface area contributed by atoms with E-state index in [1.165, 1.54) is 23.6 Å². The van der Waals surface area contributed by atoms with Crippen LogP contribution in [0.2, 0.25) is 0 Å². The van der Waals surface area contributed by atoms with E-state index in [9.17, 15) is 4.79 Å². The SMILES string of the molecule is O=C(O)c1cccc(Oc2ccc3c(c2)CCC3)c1. The van der Waals surface area contributed by atoms with Crippen LogP contribution in [0.15, 0.2) is 42.5 Å². The van der Waals surface area contributed by atoms with Crippen LogP contribution < -0.4 is 4.74 Å². The van der Waals surface area contributed by atoms with Crippen LogP contribution in [0.1, 0.15) is 27.9 Å². The Bertz CT molecular complexity index is 632. The number of aromatic carboxylic acids is 1. The van der Waals surface area contributed by atoms with Gasteiger partial charge in [0.1, 0.15) is 11.5 Å². The van der Waals surface area contributed by atoms with E-state index in [0.717, 1.165) is 18.6 Å². The number of fused-ring (bicyclic) bond motifs is 1. The lowest BCUT2D eigenvalue weighted by Gasteiger charge is -2.08. The summed E-state index contributed by atoms with van der Waals surface area (Å²) >= 11 is 0. The standard InChI is InChI=1S/C16H14O3/c17-16(18)13-5-2-6-14(10-13)19-15-8-7-11-3-1-4-12(11)9-15/h2,5-10H,1,3-4H2,(H,17,18). The van der Waals surface area contributed by atoms with E-state index in [0.29, 0.717) is 5.75 Å². The lowest BCUT2D eigenvalue weighted by molar-refractivity contribution is 0.0696. The van der Waals surface area contributed by atoms with Crippen molar-refractivity contribution in [3.05, 3.63) is 59.2 Å². The molecule has 0 atom stereocenters.